The van der Waals surface area contributed by atoms with Crippen LogP contribution < -0.4 is 0 Å². The number of ether oxygens (including phenoxy) is 3. The highest BCUT2D eigenvalue weighted by Gasteiger charge is 2.39. The van der Waals surface area contributed by atoms with Crippen LogP contribution >= 0.6 is 0 Å². The lowest BCUT2D eigenvalue weighted by Gasteiger charge is -2.16. The zero-order chi connectivity index (χ0) is 13.4. The largest absolute Gasteiger partial charge is 0.465 e. The Bertz CT molecular complexity index is 268. The first-order valence-electron chi connectivity index (χ1n) is 5.39. The Kier molecular flexibility index (Phi) is 7.13. The van der Waals surface area contributed by atoms with Crippen molar-refractivity contribution in [2.45, 2.75) is 26.9 Å². The van der Waals surface area contributed by atoms with E-state index < -0.39 is 29.7 Å². The lowest BCUT2D eigenvalue weighted by atomic mass is 10.0. The number of rotatable bonds is 7. The quantitative estimate of drug-likeness (QED) is 0.476. The molecule has 17 heavy (non-hydrogen) atoms. The van der Waals surface area contributed by atoms with Crippen molar-refractivity contribution >= 4 is 17.7 Å². The minimum absolute atomic E-state index is 0.0867. The lowest BCUT2D eigenvalue weighted by Crippen LogP contribution is -2.40. The van der Waals surface area contributed by atoms with Gasteiger partial charge in [0, 0.05) is 7.11 Å². The van der Waals surface area contributed by atoms with E-state index in [4.69, 9.17) is 4.74 Å². The van der Waals surface area contributed by atoms with Crippen LogP contribution in [0.15, 0.2) is 0 Å². The van der Waals surface area contributed by atoms with E-state index in [1.165, 1.54) is 14.0 Å². The van der Waals surface area contributed by atoms with E-state index in [1.807, 2.05) is 0 Å². The van der Waals surface area contributed by atoms with Gasteiger partial charge in [-0.1, -0.05) is 0 Å². The molecule has 0 heterocycles. The molecule has 0 rings (SSSR count). The molecule has 0 radical (unpaired) electrons. The molecule has 1 atom stereocenters. The van der Waals surface area contributed by atoms with Gasteiger partial charge in [-0.25, -0.2) is 0 Å². The van der Waals surface area contributed by atoms with Gasteiger partial charge in [0.15, 0.2) is 5.78 Å². The molecular weight excluding hydrogens is 228 g/mol. The molecule has 0 aliphatic rings. The molecule has 0 amide bonds. The molecule has 0 aromatic heterocycles. The van der Waals surface area contributed by atoms with Gasteiger partial charge in [-0.15, -0.1) is 0 Å². The zero-order valence-electron chi connectivity index (χ0n) is 10.5. The predicted molar refractivity (Wildman–Crippen MR) is 58.2 cm³/mol. The normalized spacial score (nSPS) is 12.1. The summed E-state index contributed by atoms with van der Waals surface area (Å²) in [5.41, 5.74) is 0. The molecule has 0 aromatic rings. The summed E-state index contributed by atoms with van der Waals surface area (Å²) in [7, 11) is 1.32. The maximum absolute atomic E-state index is 11.8. The molecule has 1 unspecified atom stereocenters. The molecule has 98 valence electrons. The number of carbonyl (C=O) groups is 3. The molecular formula is C11H18O6. The van der Waals surface area contributed by atoms with Crippen molar-refractivity contribution in [3.63, 3.8) is 0 Å². The van der Waals surface area contributed by atoms with Gasteiger partial charge in [-0.2, -0.15) is 0 Å². The number of ketones is 1. The van der Waals surface area contributed by atoms with E-state index in [0.29, 0.717) is 0 Å². The third kappa shape index (κ3) is 4.52. The van der Waals surface area contributed by atoms with E-state index in [0.717, 1.165) is 0 Å². The summed E-state index contributed by atoms with van der Waals surface area (Å²) < 4.78 is 14.1. The van der Waals surface area contributed by atoms with Crippen molar-refractivity contribution in [1.82, 2.24) is 0 Å². The van der Waals surface area contributed by atoms with Crippen LogP contribution in [0.25, 0.3) is 0 Å². The predicted octanol–water partition coefficient (Wildman–Crippen LogP) is 0.333. The highest BCUT2D eigenvalue weighted by Crippen LogP contribution is 2.10. The van der Waals surface area contributed by atoms with Crippen LogP contribution in [0.4, 0.5) is 0 Å². The Labute approximate surface area is 100 Å². The van der Waals surface area contributed by atoms with Gasteiger partial charge in [0.1, 0.15) is 6.10 Å². The minimum Gasteiger partial charge on any atom is -0.465 e. The average molecular weight is 246 g/mol. The Balaban J connectivity index is 4.90. The van der Waals surface area contributed by atoms with Crippen LogP contribution in [0.3, 0.4) is 0 Å². The van der Waals surface area contributed by atoms with Crippen LogP contribution in [-0.2, 0) is 28.6 Å². The van der Waals surface area contributed by atoms with Crippen molar-refractivity contribution in [2.75, 3.05) is 20.3 Å². The summed E-state index contributed by atoms with van der Waals surface area (Å²) in [5, 5.41) is 0. The zero-order valence-corrected chi connectivity index (χ0v) is 10.5. The van der Waals surface area contributed by atoms with Crippen LogP contribution in [0.5, 0.6) is 0 Å². The number of hydrogen-bond donors (Lipinski definition) is 0. The molecule has 6 heteroatoms. The van der Waals surface area contributed by atoms with Gasteiger partial charge in [-0.05, 0) is 20.8 Å². The number of carbonyl (C=O) groups excluding carboxylic acids is 3. The Morgan fingerprint density at radius 2 is 1.41 bits per heavy atom. The summed E-state index contributed by atoms with van der Waals surface area (Å²) in [6.07, 6.45) is -0.867. The van der Waals surface area contributed by atoms with Crippen molar-refractivity contribution in [2.24, 2.45) is 5.92 Å². The summed E-state index contributed by atoms with van der Waals surface area (Å²) in [4.78, 5) is 34.8. The van der Waals surface area contributed by atoms with Gasteiger partial charge in [0.25, 0.3) is 0 Å². The second-order valence-corrected chi connectivity index (χ2v) is 3.22. The number of methoxy groups -OCH3 is 1. The minimum atomic E-state index is -1.56. The molecule has 0 aromatic carbocycles. The smallest absolute Gasteiger partial charge is 0.328 e. The number of hydrogen-bond acceptors (Lipinski definition) is 6. The number of Topliss-reactive ketones (excluding diaryl/α,β-unsaturated/α-hetero) is 1. The fourth-order valence-corrected chi connectivity index (χ4v) is 1.13. The summed E-state index contributed by atoms with van der Waals surface area (Å²) in [5.74, 6) is -4.03. The van der Waals surface area contributed by atoms with Gasteiger partial charge in [0.2, 0.25) is 5.92 Å². The van der Waals surface area contributed by atoms with E-state index in [-0.39, 0.29) is 13.2 Å². The molecule has 0 aliphatic carbocycles. The fraction of sp³-hybridized carbons (Fsp3) is 0.727. The van der Waals surface area contributed by atoms with Crippen LogP contribution in [0.1, 0.15) is 20.8 Å². The SMILES string of the molecule is CCOC(=O)C(C(=O)OCC)C(=O)C(C)OC. The lowest BCUT2D eigenvalue weighted by molar-refractivity contribution is -0.166. The molecule has 6 nitrogen and oxygen atoms in total. The Morgan fingerprint density at radius 3 is 1.71 bits per heavy atom. The second-order valence-electron chi connectivity index (χ2n) is 3.22. The highest BCUT2D eigenvalue weighted by molar-refractivity contribution is 6.16. The molecule has 0 saturated heterocycles. The highest BCUT2D eigenvalue weighted by atomic mass is 16.6. The topological polar surface area (TPSA) is 78.9 Å². The maximum Gasteiger partial charge on any atom is 0.328 e. The van der Waals surface area contributed by atoms with Crippen LogP contribution in [-0.4, -0.2) is 44.1 Å². The summed E-state index contributed by atoms with van der Waals surface area (Å²) >= 11 is 0. The first-order valence-corrected chi connectivity index (χ1v) is 5.39. The second kappa shape index (κ2) is 7.78. The molecule has 0 saturated carbocycles. The van der Waals surface area contributed by atoms with E-state index in [2.05, 4.69) is 9.47 Å². The third-order valence-corrected chi connectivity index (χ3v) is 2.08. The standard InChI is InChI=1S/C11H18O6/c1-5-16-10(13)8(11(14)17-6-2)9(12)7(3)15-4/h7-8H,5-6H2,1-4H3. The number of esters is 2. The van der Waals surface area contributed by atoms with E-state index in [9.17, 15) is 14.4 Å². The summed E-state index contributed by atoms with van der Waals surface area (Å²) in [6.45, 7) is 4.80. The van der Waals surface area contributed by atoms with Crippen LogP contribution in [0, 0.1) is 5.92 Å². The van der Waals surface area contributed by atoms with E-state index >= 15 is 0 Å². The van der Waals surface area contributed by atoms with Crippen molar-refractivity contribution in [1.29, 1.82) is 0 Å². The molecule has 0 bridgehead atoms. The van der Waals surface area contributed by atoms with Crippen molar-refractivity contribution in [3.05, 3.63) is 0 Å². The van der Waals surface area contributed by atoms with E-state index in [1.54, 1.807) is 13.8 Å². The van der Waals surface area contributed by atoms with Crippen LogP contribution in [0.2, 0.25) is 0 Å². The molecule has 0 N–H and O–H groups in total. The summed E-state index contributed by atoms with van der Waals surface area (Å²) in [6, 6.07) is 0. The van der Waals surface area contributed by atoms with Gasteiger partial charge in [-0.3, -0.25) is 14.4 Å². The van der Waals surface area contributed by atoms with Gasteiger partial charge in [0.05, 0.1) is 13.2 Å². The van der Waals surface area contributed by atoms with Gasteiger partial charge < -0.3 is 14.2 Å². The maximum atomic E-state index is 11.8. The van der Waals surface area contributed by atoms with Crippen molar-refractivity contribution < 1.29 is 28.6 Å². The third-order valence-electron chi connectivity index (χ3n) is 2.08. The van der Waals surface area contributed by atoms with Crippen molar-refractivity contribution in [3.8, 4) is 0 Å². The Hall–Kier alpha value is -1.43. The Morgan fingerprint density at radius 1 is 1.00 bits per heavy atom. The van der Waals surface area contributed by atoms with Gasteiger partial charge >= 0.3 is 11.9 Å². The first-order chi connectivity index (χ1) is 7.99. The molecule has 0 aliphatic heterocycles. The first kappa shape index (κ1) is 15.6. The monoisotopic (exact) mass is 246 g/mol. The molecule has 0 fully saturated rings. The average Bonchev–Trinajstić information content (AvgIpc) is 2.28. The molecule has 0 spiro atoms. The fourth-order valence-electron chi connectivity index (χ4n) is 1.13.